The minimum Gasteiger partial charge on any atom is -0.489 e. The lowest BCUT2D eigenvalue weighted by Gasteiger charge is -2.13. The number of ether oxygens (including phenoxy) is 2. The molecule has 0 atom stereocenters. The molecule has 5 nitrogen and oxygen atoms in total. The van der Waals surface area contributed by atoms with Gasteiger partial charge in [-0.05, 0) is 67.8 Å². The molecule has 1 N–H and O–H groups in total. The van der Waals surface area contributed by atoms with Crippen LogP contribution in [0.25, 0.3) is 10.9 Å². The number of pyridine rings is 1. The summed E-state index contributed by atoms with van der Waals surface area (Å²) in [5.41, 5.74) is 5.67. The van der Waals surface area contributed by atoms with Gasteiger partial charge in [-0.2, -0.15) is 0 Å². The third-order valence-electron chi connectivity index (χ3n) is 4.98. The molecule has 0 radical (unpaired) electrons. The maximum Gasteiger partial charge on any atom is 0.262 e. The maximum atomic E-state index is 12.5. The Balaban J connectivity index is 1.48. The quantitative estimate of drug-likeness (QED) is 0.408. The molecule has 0 spiro atoms. The van der Waals surface area contributed by atoms with Crippen LogP contribution in [-0.4, -0.2) is 17.5 Å². The van der Waals surface area contributed by atoms with Crippen molar-refractivity contribution in [2.45, 2.75) is 27.4 Å². The Morgan fingerprint density at radius 2 is 1.62 bits per heavy atom. The lowest BCUT2D eigenvalue weighted by molar-refractivity contribution is -0.118. The van der Waals surface area contributed by atoms with Gasteiger partial charge in [-0.3, -0.25) is 9.78 Å². The molecule has 0 saturated heterocycles. The summed E-state index contributed by atoms with van der Waals surface area (Å²) in [5, 5.41) is 3.71. The van der Waals surface area contributed by atoms with E-state index < -0.39 is 0 Å². The highest BCUT2D eigenvalue weighted by atomic mass is 16.5. The second-order valence-corrected chi connectivity index (χ2v) is 7.93. The Labute approximate surface area is 188 Å². The number of anilines is 1. The molecule has 162 valence electrons. The molecule has 4 rings (SSSR count). The molecule has 1 aromatic heterocycles. The number of carbonyl (C=O) groups is 1. The number of aryl methyl sites for hydroxylation is 3. The highest BCUT2D eigenvalue weighted by Crippen LogP contribution is 2.29. The molecule has 3 aromatic carbocycles. The summed E-state index contributed by atoms with van der Waals surface area (Å²) in [4.78, 5) is 17.1. The van der Waals surface area contributed by atoms with E-state index in [2.05, 4.69) is 16.4 Å². The van der Waals surface area contributed by atoms with Crippen molar-refractivity contribution in [1.82, 2.24) is 4.98 Å². The molecule has 0 bridgehead atoms. The van der Waals surface area contributed by atoms with Crippen LogP contribution < -0.4 is 14.8 Å². The van der Waals surface area contributed by atoms with Crippen LogP contribution in [0.3, 0.4) is 0 Å². The standard InChI is InChI=1S/C27H26N2O3/c1-18-11-19(2)13-22(12-18)29-27(30)17-32-26-14-20(3)28-25-10-9-23(15-24(25)26)31-16-21-7-5-4-6-8-21/h4-15H,16-17H2,1-3H3,(H,29,30). The molecule has 1 amide bonds. The van der Waals surface area contributed by atoms with Crippen LogP contribution >= 0.6 is 0 Å². The van der Waals surface area contributed by atoms with Gasteiger partial charge in [0.2, 0.25) is 0 Å². The predicted octanol–water partition coefficient (Wildman–Crippen LogP) is 5.76. The Kier molecular flexibility index (Phi) is 6.36. The summed E-state index contributed by atoms with van der Waals surface area (Å²) in [6, 6.07) is 23.5. The maximum absolute atomic E-state index is 12.5. The molecule has 1 heterocycles. The number of hydrogen-bond donors (Lipinski definition) is 1. The van der Waals surface area contributed by atoms with Crippen LogP contribution in [0.15, 0.2) is 72.8 Å². The first-order valence-electron chi connectivity index (χ1n) is 10.6. The largest absolute Gasteiger partial charge is 0.489 e. The van der Waals surface area contributed by atoms with Gasteiger partial charge >= 0.3 is 0 Å². The molecule has 32 heavy (non-hydrogen) atoms. The summed E-state index contributed by atoms with van der Waals surface area (Å²) in [7, 11) is 0. The van der Waals surface area contributed by atoms with Crippen molar-refractivity contribution in [2.75, 3.05) is 11.9 Å². The lowest BCUT2D eigenvalue weighted by Crippen LogP contribution is -2.20. The smallest absolute Gasteiger partial charge is 0.262 e. The molecule has 0 aliphatic rings. The van der Waals surface area contributed by atoms with Gasteiger partial charge in [0, 0.05) is 22.8 Å². The van der Waals surface area contributed by atoms with Crippen LogP contribution in [0.2, 0.25) is 0 Å². The first kappa shape index (κ1) is 21.4. The fourth-order valence-electron chi connectivity index (χ4n) is 3.64. The van der Waals surface area contributed by atoms with Crippen molar-refractivity contribution in [2.24, 2.45) is 0 Å². The second-order valence-electron chi connectivity index (χ2n) is 7.93. The number of rotatable bonds is 7. The van der Waals surface area contributed by atoms with Gasteiger partial charge in [-0.15, -0.1) is 0 Å². The van der Waals surface area contributed by atoms with Gasteiger partial charge in [-0.25, -0.2) is 0 Å². The SMILES string of the molecule is Cc1cc(C)cc(NC(=O)COc2cc(C)nc3ccc(OCc4ccccc4)cc23)c1. The Morgan fingerprint density at radius 1 is 0.875 bits per heavy atom. The van der Waals surface area contributed by atoms with E-state index >= 15 is 0 Å². The van der Waals surface area contributed by atoms with Crippen molar-refractivity contribution in [3.05, 3.63) is 95.2 Å². The summed E-state index contributed by atoms with van der Waals surface area (Å²) >= 11 is 0. The fourth-order valence-corrected chi connectivity index (χ4v) is 3.64. The van der Waals surface area contributed by atoms with E-state index in [1.165, 1.54) is 0 Å². The topological polar surface area (TPSA) is 60.5 Å². The lowest BCUT2D eigenvalue weighted by atomic mass is 10.1. The number of amides is 1. The first-order chi connectivity index (χ1) is 15.5. The minimum atomic E-state index is -0.214. The van der Waals surface area contributed by atoms with E-state index in [0.29, 0.717) is 12.4 Å². The first-order valence-corrected chi connectivity index (χ1v) is 10.6. The predicted molar refractivity (Wildman–Crippen MR) is 127 cm³/mol. The second kappa shape index (κ2) is 9.52. The van der Waals surface area contributed by atoms with Crippen LogP contribution in [0.1, 0.15) is 22.4 Å². The molecule has 0 aliphatic carbocycles. The van der Waals surface area contributed by atoms with Crippen LogP contribution in [0.4, 0.5) is 5.69 Å². The van der Waals surface area contributed by atoms with Crippen molar-refractivity contribution < 1.29 is 14.3 Å². The monoisotopic (exact) mass is 426 g/mol. The van der Waals surface area contributed by atoms with Gasteiger partial charge in [-0.1, -0.05) is 36.4 Å². The summed E-state index contributed by atoms with van der Waals surface area (Å²) in [6.45, 7) is 6.29. The van der Waals surface area contributed by atoms with Crippen LogP contribution in [0.5, 0.6) is 11.5 Å². The van der Waals surface area contributed by atoms with E-state index in [1.54, 1.807) is 0 Å². The third-order valence-corrected chi connectivity index (χ3v) is 4.98. The van der Waals surface area contributed by atoms with E-state index in [-0.39, 0.29) is 12.5 Å². The number of hydrogen-bond acceptors (Lipinski definition) is 4. The number of benzene rings is 3. The zero-order valence-corrected chi connectivity index (χ0v) is 18.5. The van der Waals surface area contributed by atoms with Crippen molar-refractivity contribution in [1.29, 1.82) is 0 Å². The van der Waals surface area contributed by atoms with E-state index in [4.69, 9.17) is 9.47 Å². The zero-order valence-electron chi connectivity index (χ0n) is 18.5. The number of nitrogens with zero attached hydrogens (tertiary/aromatic N) is 1. The van der Waals surface area contributed by atoms with Gasteiger partial charge < -0.3 is 14.8 Å². The normalized spacial score (nSPS) is 10.7. The van der Waals surface area contributed by atoms with Gasteiger partial charge in [0.25, 0.3) is 5.91 Å². The third kappa shape index (κ3) is 5.43. The molecule has 5 heteroatoms. The zero-order chi connectivity index (χ0) is 22.5. The van der Waals surface area contributed by atoms with Gasteiger partial charge in [0.05, 0.1) is 5.52 Å². The Bertz CT molecular complexity index is 1230. The van der Waals surface area contributed by atoms with E-state index in [0.717, 1.165) is 44.7 Å². The Morgan fingerprint density at radius 3 is 2.38 bits per heavy atom. The van der Waals surface area contributed by atoms with E-state index in [1.807, 2.05) is 87.5 Å². The molecule has 0 fully saturated rings. The highest BCUT2D eigenvalue weighted by molar-refractivity contribution is 5.93. The number of carbonyl (C=O) groups excluding carboxylic acids is 1. The molecule has 0 saturated carbocycles. The summed E-state index contributed by atoms with van der Waals surface area (Å²) in [5.74, 6) is 1.11. The van der Waals surface area contributed by atoms with Crippen LogP contribution in [-0.2, 0) is 11.4 Å². The average molecular weight is 427 g/mol. The molecule has 0 aliphatic heterocycles. The number of nitrogens with one attached hydrogen (secondary N) is 1. The molecular formula is C27H26N2O3. The van der Waals surface area contributed by atoms with Crippen molar-refractivity contribution >= 4 is 22.5 Å². The van der Waals surface area contributed by atoms with Gasteiger partial charge in [0.1, 0.15) is 18.1 Å². The van der Waals surface area contributed by atoms with Crippen LogP contribution in [0, 0.1) is 20.8 Å². The van der Waals surface area contributed by atoms with Gasteiger partial charge in [0.15, 0.2) is 6.61 Å². The van der Waals surface area contributed by atoms with Crippen molar-refractivity contribution in [3.63, 3.8) is 0 Å². The highest BCUT2D eigenvalue weighted by Gasteiger charge is 2.10. The summed E-state index contributed by atoms with van der Waals surface area (Å²) in [6.07, 6.45) is 0. The minimum absolute atomic E-state index is 0.0966. The molecule has 0 unspecified atom stereocenters. The number of fused-ring (bicyclic) bond motifs is 1. The number of aromatic nitrogens is 1. The average Bonchev–Trinajstić information content (AvgIpc) is 2.76. The molecule has 4 aromatic rings. The van der Waals surface area contributed by atoms with E-state index in [9.17, 15) is 4.79 Å². The Hall–Kier alpha value is -3.86. The fraction of sp³-hybridized carbons (Fsp3) is 0.185. The summed E-state index contributed by atoms with van der Waals surface area (Å²) < 4.78 is 11.9. The van der Waals surface area contributed by atoms with Crippen molar-refractivity contribution in [3.8, 4) is 11.5 Å². The molecular weight excluding hydrogens is 400 g/mol.